The highest BCUT2D eigenvalue weighted by atomic mass is 127. The summed E-state index contributed by atoms with van der Waals surface area (Å²) in [6.07, 6.45) is 14.5. The molecule has 0 unspecified atom stereocenters. The molecule has 23 heavy (non-hydrogen) atoms. The van der Waals surface area contributed by atoms with Gasteiger partial charge in [0, 0.05) is 9.61 Å². The molecule has 2 heteroatoms. The lowest BCUT2D eigenvalue weighted by atomic mass is 9.80. The van der Waals surface area contributed by atoms with E-state index in [1.54, 1.807) is 16.7 Å². The number of halogens is 1. The number of unbranched alkanes of at least 4 members (excludes halogenated alkanes) is 3. The van der Waals surface area contributed by atoms with Gasteiger partial charge < -0.3 is 5.73 Å². The first kappa shape index (κ1) is 17.7. The summed E-state index contributed by atoms with van der Waals surface area (Å²) >= 11 is 2.56. The molecule has 1 aromatic rings. The van der Waals surface area contributed by atoms with Crippen LogP contribution in [0.25, 0.3) is 0 Å². The van der Waals surface area contributed by atoms with Gasteiger partial charge in [-0.2, -0.15) is 0 Å². The van der Waals surface area contributed by atoms with Crippen molar-refractivity contribution in [3.05, 3.63) is 38.4 Å². The van der Waals surface area contributed by atoms with Gasteiger partial charge in [-0.25, -0.2) is 0 Å². The van der Waals surface area contributed by atoms with Gasteiger partial charge in [-0.05, 0) is 95.7 Å². The zero-order chi connectivity index (χ0) is 16.2. The van der Waals surface area contributed by atoms with Crippen LogP contribution in [-0.2, 0) is 12.8 Å². The van der Waals surface area contributed by atoms with Gasteiger partial charge in [0.05, 0.1) is 0 Å². The second-order valence-corrected chi connectivity index (χ2v) is 8.86. The SMILES string of the molecule is CCCCCC[C@H]1CCc2cc([C@H]3CC[C](N)C3)c(I)cc2C1. The molecule has 0 saturated heterocycles. The molecule has 0 spiro atoms. The zero-order valence-corrected chi connectivity index (χ0v) is 16.7. The van der Waals surface area contributed by atoms with Crippen LogP contribution in [0.2, 0.25) is 0 Å². The minimum absolute atomic E-state index is 0.680. The average Bonchev–Trinajstić information content (AvgIpc) is 2.97. The lowest BCUT2D eigenvalue weighted by Crippen LogP contribution is -2.15. The molecular formula is C21H31IN. The molecule has 2 aliphatic carbocycles. The van der Waals surface area contributed by atoms with E-state index < -0.39 is 0 Å². The molecule has 0 heterocycles. The number of benzene rings is 1. The number of aryl methyl sites for hydroxylation is 1. The van der Waals surface area contributed by atoms with Crippen LogP contribution in [-0.4, -0.2) is 0 Å². The highest BCUT2D eigenvalue weighted by molar-refractivity contribution is 14.1. The van der Waals surface area contributed by atoms with Crippen LogP contribution in [0.1, 0.15) is 87.3 Å². The van der Waals surface area contributed by atoms with E-state index in [1.807, 2.05) is 0 Å². The van der Waals surface area contributed by atoms with E-state index in [4.69, 9.17) is 5.73 Å². The van der Waals surface area contributed by atoms with E-state index in [9.17, 15) is 0 Å². The van der Waals surface area contributed by atoms with E-state index in [0.717, 1.165) is 18.8 Å². The van der Waals surface area contributed by atoms with Crippen molar-refractivity contribution in [1.29, 1.82) is 0 Å². The summed E-state index contributed by atoms with van der Waals surface area (Å²) in [5.41, 5.74) is 10.9. The van der Waals surface area contributed by atoms with Crippen LogP contribution in [0.15, 0.2) is 12.1 Å². The topological polar surface area (TPSA) is 26.0 Å². The maximum absolute atomic E-state index is 6.05. The second-order valence-electron chi connectivity index (χ2n) is 7.70. The van der Waals surface area contributed by atoms with Crippen LogP contribution >= 0.6 is 22.6 Å². The fourth-order valence-corrected chi connectivity index (χ4v) is 5.41. The Hall–Kier alpha value is -0.0900. The van der Waals surface area contributed by atoms with Gasteiger partial charge in [-0.1, -0.05) is 45.1 Å². The van der Waals surface area contributed by atoms with Crippen LogP contribution in [0.5, 0.6) is 0 Å². The minimum Gasteiger partial charge on any atom is -0.324 e. The van der Waals surface area contributed by atoms with Crippen molar-refractivity contribution < 1.29 is 0 Å². The summed E-state index contributed by atoms with van der Waals surface area (Å²) in [6, 6.07) is 6.24. The molecule has 127 valence electrons. The number of hydrogen-bond donors (Lipinski definition) is 1. The Morgan fingerprint density at radius 2 is 1.91 bits per heavy atom. The maximum atomic E-state index is 6.05. The lowest BCUT2D eigenvalue weighted by molar-refractivity contribution is 0.405. The van der Waals surface area contributed by atoms with Crippen molar-refractivity contribution in [2.75, 3.05) is 0 Å². The van der Waals surface area contributed by atoms with Crippen LogP contribution < -0.4 is 5.73 Å². The standard InChI is InChI=1S/C21H31IN/c1-2-3-4-5-6-15-7-8-16-13-20(17-9-10-19(23)12-17)21(22)14-18(16)11-15/h13-15,17H,2-12,23H2,1H3/t15-,17-/m0/s1. The largest absolute Gasteiger partial charge is 0.324 e. The van der Waals surface area contributed by atoms with E-state index in [1.165, 1.54) is 67.4 Å². The number of rotatable bonds is 6. The normalized spacial score (nSPS) is 24.8. The first-order chi connectivity index (χ1) is 11.2. The van der Waals surface area contributed by atoms with Gasteiger partial charge in [-0.3, -0.25) is 0 Å². The lowest BCUT2D eigenvalue weighted by Gasteiger charge is -2.27. The van der Waals surface area contributed by atoms with Crippen molar-refractivity contribution >= 4 is 22.6 Å². The number of nitrogens with two attached hydrogens (primary N) is 1. The van der Waals surface area contributed by atoms with Crippen molar-refractivity contribution in [2.24, 2.45) is 11.7 Å². The van der Waals surface area contributed by atoms with Gasteiger partial charge in [-0.15, -0.1) is 0 Å². The summed E-state index contributed by atoms with van der Waals surface area (Å²) in [7, 11) is 0. The molecule has 1 fully saturated rings. The molecule has 0 amide bonds. The Balaban J connectivity index is 1.64. The molecule has 2 N–H and O–H groups in total. The third kappa shape index (κ3) is 4.50. The van der Waals surface area contributed by atoms with Gasteiger partial charge in [0.25, 0.3) is 0 Å². The fraction of sp³-hybridized carbons (Fsp3) is 0.667. The van der Waals surface area contributed by atoms with Crippen LogP contribution in [0, 0.1) is 15.5 Å². The third-order valence-corrected chi connectivity index (χ3v) is 6.81. The molecule has 0 aliphatic heterocycles. The molecule has 1 nitrogen and oxygen atoms in total. The van der Waals surface area contributed by atoms with Gasteiger partial charge in [0.1, 0.15) is 0 Å². The molecule has 2 aliphatic rings. The Labute approximate surface area is 155 Å². The third-order valence-electron chi connectivity index (χ3n) is 5.88. The summed E-state index contributed by atoms with van der Waals surface area (Å²) in [6.45, 7) is 2.30. The van der Waals surface area contributed by atoms with Crippen molar-refractivity contribution in [3.8, 4) is 0 Å². The highest BCUT2D eigenvalue weighted by Crippen LogP contribution is 2.41. The van der Waals surface area contributed by atoms with Gasteiger partial charge >= 0.3 is 0 Å². The monoisotopic (exact) mass is 424 g/mol. The maximum Gasteiger partial charge on any atom is 0.0343 e. The molecule has 2 atom stereocenters. The fourth-order valence-electron chi connectivity index (χ4n) is 4.44. The predicted octanol–water partition coefficient (Wildman–Crippen LogP) is 6.12. The Morgan fingerprint density at radius 3 is 2.65 bits per heavy atom. The molecule has 1 radical (unpaired) electrons. The summed E-state index contributed by atoms with van der Waals surface area (Å²) in [5, 5.41) is 0. The van der Waals surface area contributed by atoms with Gasteiger partial charge in [0.15, 0.2) is 0 Å². The van der Waals surface area contributed by atoms with Gasteiger partial charge in [0.2, 0.25) is 0 Å². The molecular weight excluding hydrogens is 393 g/mol. The average molecular weight is 424 g/mol. The van der Waals surface area contributed by atoms with Crippen LogP contribution in [0.3, 0.4) is 0 Å². The molecule has 1 aromatic carbocycles. The Morgan fingerprint density at radius 1 is 1.04 bits per heavy atom. The summed E-state index contributed by atoms with van der Waals surface area (Å²) in [5.74, 6) is 1.61. The minimum atomic E-state index is 0.680. The Bertz CT molecular complexity index is 525. The molecule has 0 bridgehead atoms. The summed E-state index contributed by atoms with van der Waals surface area (Å²) < 4.78 is 1.48. The van der Waals surface area contributed by atoms with E-state index in [2.05, 4.69) is 41.6 Å². The smallest absolute Gasteiger partial charge is 0.0343 e. The Kier molecular flexibility index (Phi) is 6.42. The number of hydrogen-bond acceptors (Lipinski definition) is 1. The van der Waals surface area contributed by atoms with Crippen molar-refractivity contribution in [2.45, 2.75) is 83.5 Å². The van der Waals surface area contributed by atoms with Crippen LogP contribution in [0.4, 0.5) is 0 Å². The molecule has 0 aromatic heterocycles. The highest BCUT2D eigenvalue weighted by Gasteiger charge is 2.27. The quantitative estimate of drug-likeness (QED) is 0.432. The van der Waals surface area contributed by atoms with Crippen molar-refractivity contribution in [3.63, 3.8) is 0 Å². The molecule has 1 saturated carbocycles. The zero-order valence-electron chi connectivity index (χ0n) is 14.5. The number of fused-ring (bicyclic) bond motifs is 1. The second kappa shape index (κ2) is 8.33. The molecule has 3 rings (SSSR count). The van der Waals surface area contributed by atoms with E-state index >= 15 is 0 Å². The van der Waals surface area contributed by atoms with E-state index in [-0.39, 0.29) is 0 Å². The predicted molar refractivity (Wildman–Crippen MR) is 107 cm³/mol. The first-order valence-electron chi connectivity index (χ1n) is 9.58. The summed E-state index contributed by atoms with van der Waals surface area (Å²) in [4.78, 5) is 0. The first-order valence-corrected chi connectivity index (χ1v) is 10.7. The van der Waals surface area contributed by atoms with Crippen molar-refractivity contribution in [1.82, 2.24) is 0 Å². The van der Waals surface area contributed by atoms with E-state index in [0.29, 0.717) is 5.92 Å².